The van der Waals surface area contributed by atoms with Crippen molar-refractivity contribution >= 4 is 11.7 Å². The Morgan fingerprint density at radius 1 is 1.35 bits per heavy atom. The van der Waals surface area contributed by atoms with E-state index >= 15 is 0 Å². The van der Waals surface area contributed by atoms with Gasteiger partial charge in [0.05, 0.1) is 19.0 Å². The van der Waals surface area contributed by atoms with Crippen molar-refractivity contribution in [1.29, 1.82) is 0 Å². The third-order valence-electron chi connectivity index (χ3n) is 2.40. The fourth-order valence-corrected chi connectivity index (χ4v) is 1.47. The van der Waals surface area contributed by atoms with E-state index in [1.165, 1.54) is 24.4 Å². The van der Waals surface area contributed by atoms with Gasteiger partial charge >= 0.3 is 5.97 Å². The minimum atomic E-state index is -1.18. The molecule has 0 unspecified atom stereocenters. The standard InChI is InChI=1S/C13H10F2N2O3/c1-19-13(18)8-5-7(16)6-17-12(8)20-10-4-2-3-9(14)11(10)15/h2-6H,16H2,1H3. The SMILES string of the molecule is COC(=O)c1cc(N)cnc1Oc1cccc(F)c1F. The van der Waals surface area contributed by atoms with Gasteiger partial charge in [-0.1, -0.05) is 6.07 Å². The Bertz CT molecular complexity index is 662. The maximum absolute atomic E-state index is 13.5. The zero-order valence-electron chi connectivity index (χ0n) is 10.4. The maximum atomic E-state index is 13.5. The number of carbonyl (C=O) groups excluding carboxylic acids is 1. The van der Waals surface area contributed by atoms with E-state index in [0.717, 1.165) is 13.2 Å². The van der Waals surface area contributed by atoms with Crippen LogP contribution in [0.15, 0.2) is 30.5 Å². The molecule has 20 heavy (non-hydrogen) atoms. The van der Waals surface area contributed by atoms with Crippen LogP contribution in [0, 0.1) is 11.6 Å². The highest BCUT2D eigenvalue weighted by Gasteiger charge is 2.18. The number of hydrogen-bond acceptors (Lipinski definition) is 5. The average Bonchev–Trinajstić information content (AvgIpc) is 2.44. The first-order valence-electron chi connectivity index (χ1n) is 5.48. The summed E-state index contributed by atoms with van der Waals surface area (Å²) in [5.41, 5.74) is 5.63. The number of carbonyl (C=O) groups is 1. The van der Waals surface area contributed by atoms with E-state index in [1.54, 1.807) is 0 Å². The van der Waals surface area contributed by atoms with E-state index in [9.17, 15) is 13.6 Å². The number of rotatable bonds is 3. The Balaban J connectivity index is 2.43. The number of anilines is 1. The van der Waals surface area contributed by atoms with Crippen LogP contribution in [0.25, 0.3) is 0 Å². The number of halogens is 2. The molecule has 0 aliphatic heterocycles. The van der Waals surface area contributed by atoms with E-state index in [1.807, 2.05) is 0 Å². The number of benzene rings is 1. The van der Waals surface area contributed by atoms with Gasteiger partial charge in [-0.2, -0.15) is 4.39 Å². The fraction of sp³-hybridized carbons (Fsp3) is 0.0769. The van der Waals surface area contributed by atoms with Gasteiger partial charge < -0.3 is 15.2 Å². The molecule has 1 heterocycles. The molecule has 0 bridgehead atoms. The van der Waals surface area contributed by atoms with Crippen molar-refractivity contribution in [2.75, 3.05) is 12.8 Å². The Hall–Kier alpha value is -2.70. The quantitative estimate of drug-likeness (QED) is 0.874. The number of pyridine rings is 1. The first-order chi connectivity index (χ1) is 9.52. The number of aromatic nitrogens is 1. The predicted octanol–water partition coefficient (Wildman–Crippen LogP) is 2.52. The van der Waals surface area contributed by atoms with Crippen molar-refractivity contribution in [3.8, 4) is 11.6 Å². The largest absolute Gasteiger partial charge is 0.465 e. The molecule has 104 valence electrons. The average molecular weight is 280 g/mol. The smallest absolute Gasteiger partial charge is 0.343 e. The molecule has 0 fully saturated rings. The molecule has 2 rings (SSSR count). The normalized spacial score (nSPS) is 10.2. The van der Waals surface area contributed by atoms with E-state index in [4.69, 9.17) is 10.5 Å². The van der Waals surface area contributed by atoms with E-state index in [0.29, 0.717) is 0 Å². The lowest BCUT2D eigenvalue weighted by atomic mass is 10.2. The number of hydrogen-bond donors (Lipinski definition) is 1. The molecule has 0 saturated heterocycles. The molecule has 1 aromatic heterocycles. The maximum Gasteiger partial charge on any atom is 0.343 e. The summed E-state index contributed by atoms with van der Waals surface area (Å²) >= 11 is 0. The summed E-state index contributed by atoms with van der Waals surface area (Å²) in [5.74, 6) is -3.63. The van der Waals surface area contributed by atoms with Crippen LogP contribution in [0.3, 0.4) is 0 Å². The second-order valence-corrected chi connectivity index (χ2v) is 3.77. The van der Waals surface area contributed by atoms with E-state index in [2.05, 4.69) is 9.72 Å². The van der Waals surface area contributed by atoms with Crippen LogP contribution < -0.4 is 10.5 Å². The highest BCUT2D eigenvalue weighted by atomic mass is 19.2. The monoisotopic (exact) mass is 280 g/mol. The van der Waals surface area contributed by atoms with Gasteiger partial charge in [0, 0.05) is 0 Å². The number of nitrogens with zero attached hydrogens (tertiary/aromatic N) is 1. The molecule has 7 heteroatoms. The lowest BCUT2D eigenvalue weighted by Crippen LogP contribution is -2.07. The van der Waals surface area contributed by atoms with Crippen LogP contribution in [0.1, 0.15) is 10.4 Å². The summed E-state index contributed by atoms with van der Waals surface area (Å²) in [6.07, 6.45) is 1.22. The lowest BCUT2D eigenvalue weighted by molar-refractivity contribution is 0.0597. The van der Waals surface area contributed by atoms with Crippen LogP contribution in [0.5, 0.6) is 11.6 Å². The molecule has 0 atom stereocenters. The Kier molecular flexibility index (Phi) is 3.79. The molecule has 1 aromatic carbocycles. The van der Waals surface area contributed by atoms with Gasteiger partial charge in [-0.25, -0.2) is 14.2 Å². The van der Waals surface area contributed by atoms with Gasteiger partial charge in [-0.3, -0.25) is 0 Å². The highest BCUT2D eigenvalue weighted by molar-refractivity contribution is 5.92. The molecular formula is C13H10F2N2O3. The molecule has 0 radical (unpaired) electrons. The molecule has 0 aliphatic carbocycles. The highest BCUT2D eigenvalue weighted by Crippen LogP contribution is 2.28. The van der Waals surface area contributed by atoms with Gasteiger partial charge in [-0.15, -0.1) is 0 Å². The number of esters is 1. The third kappa shape index (κ3) is 2.66. The first-order valence-corrected chi connectivity index (χ1v) is 5.48. The minimum Gasteiger partial charge on any atom is -0.465 e. The van der Waals surface area contributed by atoms with Gasteiger partial charge in [0.2, 0.25) is 11.7 Å². The molecule has 2 N–H and O–H groups in total. The summed E-state index contributed by atoms with van der Waals surface area (Å²) < 4.78 is 36.3. The number of nitrogens with two attached hydrogens (primary N) is 1. The molecule has 2 aromatic rings. The Labute approximate surface area is 112 Å². The number of ether oxygens (including phenoxy) is 2. The summed E-state index contributed by atoms with van der Waals surface area (Å²) in [7, 11) is 1.16. The topological polar surface area (TPSA) is 74.4 Å². The summed E-state index contributed by atoms with van der Waals surface area (Å²) in [4.78, 5) is 15.3. The molecule has 0 saturated carbocycles. The Morgan fingerprint density at radius 3 is 2.80 bits per heavy atom. The van der Waals surface area contributed by atoms with Crippen LogP contribution >= 0.6 is 0 Å². The van der Waals surface area contributed by atoms with Gasteiger partial charge in [0.25, 0.3) is 0 Å². The van der Waals surface area contributed by atoms with E-state index < -0.39 is 23.4 Å². The predicted molar refractivity (Wildman–Crippen MR) is 66.4 cm³/mol. The Morgan fingerprint density at radius 2 is 2.10 bits per heavy atom. The second kappa shape index (κ2) is 5.52. The second-order valence-electron chi connectivity index (χ2n) is 3.77. The molecule has 0 amide bonds. The molecule has 5 nitrogen and oxygen atoms in total. The van der Waals surface area contributed by atoms with Crippen LogP contribution in [0.2, 0.25) is 0 Å². The first kappa shape index (κ1) is 13.7. The summed E-state index contributed by atoms with van der Waals surface area (Å²) in [6.45, 7) is 0. The minimum absolute atomic E-state index is 0.0869. The van der Waals surface area contributed by atoms with Gasteiger partial charge in [0.1, 0.15) is 5.56 Å². The van der Waals surface area contributed by atoms with Crippen molar-refractivity contribution in [3.05, 3.63) is 47.7 Å². The third-order valence-corrected chi connectivity index (χ3v) is 2.40. The molecule has 0 spiro atoms. The number of nitrogen functional groups attached to an aromatic ring is 1. The van der Waals surface area contributed by atoms with Crippen LogP contribution in [-0.2, 0) is 4.74 Å². The van der Waals surface area contributed by atoms with Crippen molar-refractivity contribution < 1.29 is 23.0 Å². The van der Waals surface area contributed by atoms with Crippen LogP contribution in [0.4, 0.5) is 14.5 Å². The van der Waals surface area contributed by atoms with Crippen molar-refractivity contribution in [3.63, 3.8) is 0 Å². The van der Waals surface area contributed by atoms with Gasteiger partial charge in [-0.05, 0) is 18.2 Å². The van der Waals surface area contributed by atoms with Crippen LogP contribution in [-0.4, -0.2) is 18.1 Å². The summed E-state index contributed by atoms with van der Waals surface area (Å²) in [5, 5.41) is 0. The zero-order chi connectivity index (χ0) is 14.7. The van der Waals surface area contributed by atoms with E-state index in [-0.39, 0.29) is 17.1 Å². The number of methoxy groups -OCH3 is 1. The molecular weight excluding hydrogens is 270 g/mol. The van der Waals surface area contributed by atoms with Crippen molar-refractivity contribution in [2.24, 2.45) is 0 Å². The van der Waals surface area contributed by atoms with Crippen molar-refractivity contribution in [2.45, 2.75) is 0 Å². The summed E-state index contributed by atoms with van der Waals surface area (Å²) in [6, 6.07) is 4.69. The van der Waals surface area contributed by atoms with Crippen molar-refractivity contribution in [1.82, 2.24) is 4.98 Å². The fourth-order valence-electron chi connectivity index (χ4n) is 1.47. The zero-order valence-corrected chi connectivity index (χ0v) is 10.4. The lowest BCUT2D eigenvalue weighted by Gasteiger charge is -2.10. The molecule has 0 aliphatic rings. The van der Waals surface area contributed by atoms with Gasteiger partial charge in [0.15, 0.2) is 11.6 Å².